The molecule has 31 heavy (non-hydrogen) atoms. The first kappa shape index (κ1) is 25.3. The number of nitrogens with zero attached hydrogens (tertiary/aromatic N) is 1. The third-order valence-electron chi connectivity index (χ3n) is 4.37. The molecule has 1 aliphatic heterocycles. The van der Waals surface area contributed by atoms with E-state index in [4.69, 9.17) is 16.3 Å². The largest absolute Gasteiger partial charge is 0.444 e. The summed E-state index contributed by atoms with van der Waals surface area (Å²) in [5.41, 5.74) is -2.53. The number of likely N-dealkylation sites (tertiary alicyclic amines) is 1. The van der Waals surface area contributed by atoms with Crippen LogP contribution >= 0.6 is 11.6 Å². The van der Waals surface area contributed by atoms with Crippen LogP contribution in [0, 0.1) is 5.82 Å². The highest BCUT2D eigenvalue weighted by molar-refractivity contribution is 7.85. The highest BCUT2D eigenvalue weighted by Gasteiger charge is 2.49. The van der Waals surface area contributed by atoms with Gasteiger partial charge in [0.05, 0.1) is 24.4 Å². The van der Waals surface area contributed by atoms with Crippen molar-refractivity contribution < 1.29 is 36.4 Å². The van der Waals surface area contributed by atoms with Gasteiger partial charge in [0, 0.05) is 18.5 Å². The molecule has 2 amide bonds. The summed E-state index contributed by atoms with van der Waals surface area (Å²) in [6, 6.07) is 3.14. The summed E-state index contributed by atoms with van der Waals surface area (Å²) >= 11 is 5.74. The van der Waals surface area contributed by atoms with Crippen LogP contribution in [0.15, 0.2) is 18.2 Å². The molecule has 2 N–H and O–H groups in total. The van der Waals surface area contributed by atoms with Gasteiger partial charge in [0.25, 0.3) is 10.1 Å². The Labute approximate surface area is 185 Å². The zero-order valence-electron chi connectivity index (χ0n) is 17.6. The van der Waals surface area contributed by atoms with Crippen LogP contribution in [0.2, 0.25) is 5.02 Å². The molecule has 0 bridgehead atoms. The van der Waals surface area contributed by atoms with Crippen LogP contribution in [0.25, 0.3) is 0 Å². The molecule has 0 aromatic heterocycles. The van der Waals surface area contributed by atoms with Gasteiger partial charge in [-0.15, -0.1) is 0 Å². The molecule has 1 heterocycles. The predicted molar refractivity (Wildman–Crippen MR) is 110 cm³/mol. The Bertz CT molecular complexity index is 951. The lowest BCUT2D eigenvalue weighted by molar-refractivity contribution is -0.125. The van der Waals surface area contributed by atoms with Crippen molar-refractivity contribution in [3.63, 3.8) is 0 Å². The first-order valence-electron chi connectivity index (χ1n) is 9.37. The van der Waals surface area contributed by atoms with Gasteiger partial charge in [-0.05, 0) is 26.8 Å². The van der Waals surface area contributed by atoms with Gasteiger partial charge < -0.3 is 15.2 Å². The number of halogens is 2. The lowest BCUT2D eigenvalue weighted by atomic mass is 10.0. The fraction of sp³-hybridized carbons (Fsp3) is 0.579. The SMILES string of the molecule is CC(C)(C)OC(=O)N1C[C@](O)(COS(C)(=O)=O)C[C@H]1C(=O)NCc1cccc(Cl)c1F. The minimum absolute atomic E-state index is 0.102. The molecule has 174 valence electrons. The number of hydrogen-bond donors (Lipinski definition) is 2. The Morgan fingerprint density at radius 3 is 2.61 bits per heavy atom. The quantitative estimate of drug-likeness (QED) is 0.595. The zero-order chi connectivity index (χ0) is 23.6. The van der Waals surface area contributed by atoms with E-state index < -0.39 is 51.8 Å². The van der Waals surface area contributed by atoms with Crippen molar-refractivity contribution in [3.8, 4) is 0 Å². The molecule has 0 radical (unpaired) electrons. The molecule has 9 nitrogen and oxygen atoms in total. The molecule has 0 aliphatic carbocycles. The fourth-order valence-corrected chi connectivity index (χ4v) is 3.64. The van der Waals surface area contributed by atoms with Crippen LogP contribution < -0.4 is 5.32 Å². The van der Waals surface area contributed by atoms with E-state index in [0.717, 1.165) is 11.2 Å². The Balaban J connectivity index is 2.19. The molecule has 0 unspecified atom stereocenters. The van der Waals surface area contributed by atoms with Crippen molar-refractivity contribution in [2.45, 2.75) is 51.0 Å². The lowest BCUT2D eigenvalue weighted by Gasteiger charge is -2.28. The van der Waals surface area contributed by atoms with E-state index in [-0.39, 0.29) is 30.1 Å². The lowest BCUT2D eigenvalue weighted by Crippen LogP contribution is -2.47. The van der Waals surface area contributed by atoms with E-state index in [2.05, 4.69) is 9.50 Å². The summed E-state index contributed by atoms with van der Waals surface area (Å²) in [6.45, 7) is 3.67. The maximum Gasteiger partial charge on any atom is 0.411 e. The van der Waals surface area contributed by atoms with Crippen molar-refractivity contribution in [2.75, 3.05) is 19.4 Å². The summed E-state index contributed by atoms with van der Waals surface area (Å²) in [5, 5.41) is 13.2. The van der Waals surface area contributed by atoms with Crippen LogP contribution in [0.1, 0.15) is 32.8 Å². The molecule has 1 aliphatic rings. The van der Waals surface area contributed by atoms with Crippen LogP contribution in [0.3, 0.4) is 0 Å². The van der Waals surface area contributed by atoms with Crippen LogP contribution in [-0.4, -0.2) is 67.1 Å². The Kier molecular flexibility index (Phi) is 7.57. The number of β-amino-alcohol motifs (C(OH)–C–C–N with tert-alkyl or cyclic N) is 1. The minimum atomic E-state index is -3.86. The fourth-order valence-electron chi connectivity index (χ4n) is 3.01. The van der Waals surface area contributed by atoms with Gasteiger partial charge in [0.1, 0.15) is 23.1 Å². The van der Waals surface area contributed by atoms with Gasteiger partial charge >= 0.3 is 6.09 Å². The highest BCUT2D eigenvalue weighted by Crippen LogP contribution is 2.30. The number of carbonyl (C=O) groups excluding carboxylic acids is 2. The van der Waals surface area contributed by atoms with E-state index in [1.165, 1.54) is 18.2 Å². The summed E-state index contributed by atoms with van der Waals surface area (Å²) in [6.07, 6.45) is -0.344. The molecular formula is C19H26ClFN2O7S. The minimum Gasteiger partial charge on any atom is -0.444 e. The Morgan fingerprint density at radius 2 is 2.03 bits per heavy atom. The van der Waals surface area contributed by atoms with E-state index in [1.807, 2.05) is 0 Å². The third-order valence-corrected chi connectivity index (χ3v) is 5.21. The second-order valence-electron chi connectivity index (χ2n) is 8.45. The number of nitrogens with one attached hydrogen (secondary N) is 1. The number of amides is 2. The van der Waals surface area contributed by atoms with Crippen molar-refractivity contribution >= 4 is 33.7 Å². The third kappa shape index (κ3) is 7.30. The maximum absolute atomic E-state index is 14.1. The number of ether oxygens (including phenoxy) is 1. The second kappa shape index (κ2) is 9.27. The van der Waals surface area contributed by atoms with Gasteiger partial charge in [-0.1, -0.05) is 23.7 Å². The van der Waals surface area contributed by atoms with E-state index in [9.17, 15) is 27.5 Å². The number of benzene rings is 1. The monoisotopic (exact) mass is 480 g/mol. The maximum atomic E-state index is 14.1. The van der Waals surface area contributed by atoms with Crippen molar-refractivity contribution in [1.29, 1.82) is 0 Å². The van der Waals surface area contributed by atoms with Gasteiger partial charge in [-0.25, -0.2) is 9.18 Å². The van der Waals surface area contributed by atoms with Crippen LogP contribution in [-0.2, 0) is 30.4 Å². The zero-order valence-corrected chi connectivity index (χ0v) is 19.2. The molecule has 0 spiro atoms. The number of rotatable bonds is 6. The Morgan fingerprint density at radius 1 is 1.39 bits per heavy atom. The molecule has 1 fully saturated rings. The van der Waals surface area contributed by atoms with Gasteiger partial charge in [0.15, 0.2) is 0 Å². The molecule has 0 saturated carbocycles. The molecule has 12 heteroatoms. The van der Waals surface area contributed by atoms with Gasteiger partial charge in [0.2, 0.25) is 5.91 Å². The average molecular weight is 481 g/mol. The first-order chi connectivity index (χ1) is 14.1. The van der Waals surface area contributed by atoms with Gasteiger partial charge in [-0.3, -0.25) is 13.9 Å². The predicted octanol–water partition coefficient (Wildman–Crippen LogP) is 1.81. The molecule has 1 aromatic carbocycles. The molecular weight excluding hydrogens is 455 g/mol. The number of hydrogen-bond acceptors (Lipinski definition) is 7. The van der Waals surface area contributed by atoms with Crippen LogP contribution in [0.5, 0.6) is 0 Å². The van der Waals surface area contributed by atoms with Crippen LogP contribution in [0.4, 0.5) is 9.18 Å². The van der Waals surface area contributed by atoms with Crippen molar-refractivity contribution in [2.24, 2.45) is 0 Å². The average Bonchev–Trinajstić information content (AvgIpc) is 2.98. The number of aliphatic hydroxyl groups is 1. The van der Waals surface area contributed by atoms with Gasteiger partial charge in [-0.2, -0.15) is 8.42 Å². The smallest absolute Gasteiger partial charge is 0.411 e. The molecule has 2 atom stereocenters. The standard InChI is InChI=1S/C19H26ClFN2O7S/c1-18(2,3)30-17(25)23-10-19(26,11-29-31(4,27)28)8-14(23)16(24)22-9-12-6-5-7-13(20)15(12)21/h5-7,14,26H,8-11H2,1-4H3,(H,22,24)/t14-,19-/m0/s1. The van der Waals surface area contributed by atoms with Crippen molar-refractivity contribution in [1.82, 2.24) is 10.2 Å². The second-order valence-corrected chi connectivity index (χ2v) is 10.5. The summed E-state index contributed by atoms with van der Waals surface area (Å²) in [4.78, 5) is 26.4. The summed E-state index contributed by atoms with van der Waals surface area (Å²) in [7, 11) is -3.86. The molecule has 2 rings (SSSR count). The van der Waals surface area contributed by atoms with E-state index in [1.54, 1.807) is 20.8 Å². The van der Waals surface area contributed by atoms with E-state index in [0.29, 0.717) is 0 Å². The topological polar surface area (TPSA) is 122 Å². The number of carbonyl (C=O) groups is 2. The normalized spacial score (nSPS) is 21.8. The molecule has 1 aromatic rings. The Hall–Kier alpha value is -1.95. The van der Waals surface area contributed by atoms with E-state index >= 15 is 0 Å². The first-order valence-corrected chi connectivity index (χ1v) is 11.6. The summed E-state index contributed by atoms with van der Waals surface area (Å²) in [5.74, 6) is -1.36. The highest BCUT2D eigenvalue weighted by atomic mass is 35.5. The molecule has 1 saturated heterocycles. The summed E-state index contributed by atoms with van der Waals surface area (Å²) < 4.78 is 46.7. The van der Waals surface area contributed by atoms with Crippen molar-refractivity contribution in [3.05, 3.63) is 34.6 Å².